The zero-order chi connectivity index (χ0) is 25.8. The van der Waals surface area contributed by atoms with Gasteiger partial charge in [0.2, 0.25) is 0 Å². The summed E-state index contributed by atoms with van der Waals surface area (Å²) < 4.78 is 31.7. The molecule has 0 radical (unpaired) electrons. The molecule has 0 bridgehead atoms. The number of aliphatic hydroxyl groups excluding tert-OH is 1. The van der Waals surface area contributed by atoms with Gasteiger partial charge in [-0.3, -0.25) is 0 Å². The number of benzene rings is 3. The minimum atomic E-state index is -1.22. The van der Waals surface area contributed by atoms with E-state index in [2.05, 4.69) is 20.9 Å². The quantitative estimate of drug-likeness (QED) is 0.218. The highest BCUT2D eigenvalue weighted by Crippen LogP contribution is 2.44. The van der Waals surface area contributed by atoms with Gasteiger partial charge < -0.3 is 26.0 Å². The van der Waals surface area contributed by atoms with Crippen molar-refractivity contribution in [2.75, 3.05) is 10.6 Å². The summed E-state index contributed by atoms with van der Waals surface area (Å²) in [5.74, 6) is -1.61. The molecular formula is C27H25ClF2N4O2. The van der Waals surface area contributed by atoms with E-state index in [1.54, 1.807) is 56.4 Å². The Balaban J connectivity index is 1.60. The third kappa shape index (κ3) is 4.06. The number of hydrogen-bond donors (Lipinski definition) is 5. The molecule has 0 saturated heterocycles. The second-order valence-electron chi connectivity index (χ2n) is 9.58. The molecule has 1 aliphatic rings. The molecule has 0 unspecified atom stereocenters. The van der Waals surface area contributed by atoms with Crippen LogP contribution in [0.4, 0.5) is 25.0 Å². The molecule has 5 N–H and O–H groups in total. The fourth-order valence-corrected chi connectivity index (χ4v) is 4.91. The summed E-state index contributed by atoms with van der Waals surface area (Å²) in [6, 6.07) is 11.1. The fourth-order valence-electron chi connectivity index (χ4n) is 4.78. The van der Waals surface area contributed by atoms with Gasteiger partial charge in [0, 0.05) is 39.1 Å². The van der Waals surface area contributed by atoms with Crippen molar-refractivity contribution >= 4 is 39.9 Å². The van der Waals surface area contributed by atoms with E-state index in [4.69, 9.17) is 11.6 Å². The fraction of sp³-hybridized carbons (Fsp3) is 0.222. The van der Waals surface area contributed by atoms with Gasteiger partial charge in [-0.05, 0) is 56.7 Å². The lowest BCUT2D eigenvalue weighted by atomic mass is 9.81. The number of nitrogens with one attached hydrogen (secondary N) is 4. The first kappa shape index (κ1) is 24.1. The first-order valence-electron chi connectivity index (χ1n) is 11.4. The number of aromatic amines is 1. The van der Waals surface area contributed by atoms with Crippen molar-refractivity contribution in [3.63, 3.8) is 0 Å². The minimum Gasteiger partial charge on any atom is -0.388 e. The maximum absolute atomic E-state index is 16.2. The van der Waals surface area contributed by atoms with E-state index in [-0.39, 0.29) is 16.8 Å². The first-order valence-corrected chi connectivity index (χ1v) is 11.8. The Kier molecular flexibility index (Phi) is 5.89. The van der Waals surface area contributed by atoms with Crippen LogP contribution in [-0.2, 0) is 0 Å². The zero-order valence-electron chi connectivity index (χ0n) is 19.8. The van der Waals surface area contributed by atoms with Crippen LogP contribution in [0.3, 0.4) is 0 Å². The molecule has 6 nitrogen and oxygen atoms in total. The number of aryl methyl sites for hydroxylation is 1. The third-order valence-electron chi connectivity index (χ3n) is 6.66. The van der Waals surface area contributed by atoms with Crippen LogP contribution in [0, 0.1) is 18.6 Å². The number of anilines is 2. The monoisotopic (exact) mass is 510 g/mol. The van der Waals surface area contributed by atoms with Crippen LogP contribution in [0.2, 0.25) is 5.02 Å². The molecule has 1 aliphatic heterocycles. The zero-order valence-corrected chi connectivity index (χ0v) is 20.6. The Labute approximate surface area is 211 Å². The van der Waals surface area contributed by atoms with E-state index in [9.17, 15) is 9.90 Å². The van der Waals surface area contributed by atoms with Gasteiger partial charge in [-0.25, -0.2) is 13.6 Å². The van der Waals surface area contributed by atoms with Gasteiger partial charge in [-0.2, -0.15) is 0 Å². The van der Waals surface area contributed by atoms with E-state index < -0.39 is 35.4 Å². The van der Waals surface area contributed by atoms with E-state index in [1.165, 1.54) is 6.07 Å². The topological polar surface area (TPSA) is 89.2 Å². The molecule has 36 heavy (non-hydrogen) atoms. The largest absolute Gasteiger partial charge is 0.388 e. The van der Waals surface area contributed by atoms with Gasteiger partial charge in [-0.15, -0.1) is 0 Å². The second kappa shape index (κ2) is 8.80. The second-order valence-corrected chi connectivity index (χ2v) is 10.0. The lowest BCUT2D eigenvalue weighted by Gasteiger charge is -2.43. The van der Waals surface area contributed by atoms with Gasteiger partial charge in [0.15, 0.2) is 0 Å². The summed E-state index contributed by atoms with van der Waals surface area (Å²) in [6.45, 7) is 5.29. The van der Waals surface area contributed by atoms with Crippen LogP contribution in [0.15, 0.2) is 54.7 Å². The highest BCUT2D eigenvalue weighted by molar-refractivity contribution is 6.30. The van der Waals surface area contributed by atoms with Crippen molar-refractivity contribution < 1.29 is 18.7 Å². The first-order chi connectivity index (χ1) is 17.1. The summed E-state index contributed by atoms with van der Waals surface area (Å²) in [6.07, 6.45) is 0.555. The number of para-hydroxylation sites is 1. The summed E-state index contributed by atoms with van der Waals surface area (Å²) in [5, 5.41) is 20.9. The van der Waals surface area contributed by atoms with Gasteiger partial charge in [0.1, 0.15) is 17.7 Å². The maximum Gasteiger partial charge on any atom is 0.319 e. The molecule has 2 atom stereocenters. The molecule has 3 aromatic carbocycles. The predicted octanol–water partition coefficient (Wildman–Crippen LogP) is 6.50. The number of aromatic nitrogens is 1. The van der Waals surface area contributed by atoms with Crippen LogP contribution in [0.5, 0.6) is 0 Å². The smallest absolute Gasteiger partial charge is 0.319 e. The van der Waals surface area contributed by atoms with Crippen molar-refractivity contribution in [3.05, 3.63) is 82.5 Å². The number of urea groups is 1. The van der Waals surface area contributed by atoms with E-state index in [1.807, 2.05) is 13.0 Å². The minimum absolute atomic E-state index is 0.0234. The number of hydrogen-bond acceptors (Lipinski definition) is 3. The lowest BCUT2D eigenvalue weighted by Crippen LogP contribution is -2.55. The average molecular weight is 511 g/mol. The molecule has 5 rings (SSSR count). The van der Waals surface area contributed by atoms with Gasteiger partial charge in [0.25, 0.3) is 0 Å². The van der Waals surface area contributed by atoms with Crippen molar-refractivity contribution in [1.82, 2.24) is 10.3 Å². The number of H-pyrrole nitrogens is 1. The Morgan fingerprint density at radius 2 is 1.86 bits per heavy atom. The van der Waals surface area contributed by atoms with Gasteiger partial charge >= 0.3 is 6.03 Å². The molecule has 0 aliphatic carbocycles. The molecule has 9 heteroatoms. The standard InChI is InChI=1S/C27H25ClF2N4O2/c1-13-12-31-23-16(13)5-4-6-17(23)20-18(29)11-19-21(22(20)30)24(25(35)27(2,3)34-19)33-26(36)32-15-9-7-14(28)8-10-15/h4-12,24-25,31,34-35H,1-3H3,(H2,32,33,36)/t24-,25+/m0/s1. The number of carbonyl (C=O) groups excluding carboxylic acids is 1. The Hall–Kier alpha value is -3.62. The van der Waals surface area contributed by atoms with Gasteiger partial charge in [0.05, 0.1) is 22.7 Å². The average Bonchev–Trinajstić information content (AvgIpc) is 3.20. The summed E-state index contributed by atoms with van der Waals surface area (Å²) in [5.41, 5.74) is 1.28. The molecule has 0 fully saturated rings. The summed E-state index contributed by atoms with van der Waals surface area (Å²) in [7, 11) is 0. The van der Waals surface area contributed by atoms with Crippen LogP contribution in [0.25, 0.3) is 22.0 Å². The molecule has 186 valence electrons. The highest BCUT2D eigenvalue weighted by Gasteiger charge is 2.44. The van der Waals surface area contributed by atoms with Crippen LogP contribution in [0.1, 0.15) is 31.0 Å². The third-order valence-corrected chi connectivity index (χ3v) is 6.91. The van der Waals surface area contributed by atoms with Crippen LogP contribution < -0.4 is 16.0 Å². The SMILES string of the molecule is Cc1c[nH]c2c(-c3c(F)cc4c(c3F)[C@H](NC(=O)Nc3ccc(Cl)cc3)[C@@H](O)C(C)(C)N4)cccc12. The number of halogens is 3. The number of carbonyl (C=O) groups is 1. The Bertz CT molecular complexity index is 1480. The molecule has 4 aromatic rings. The normalized spacial score (nSPS) is 18.4. The van der Waals surface area contributed by atoms with Crippen LogP contribution in [-0.4, -0.2) is 27.8 Å². The molecule has 0 saturated carbocycles. The maximum atomic E-state index is 16.2. The van der Waals surface area contributed by atoms with Crippen molar-refractivity contribution in [1.29, 1.82) is 0 Å². The Morgan fingerprint density at radius 1 is 1.14 bits per heavy atom. The predicted molar refractivity (Wildman–Crippen MR) is 138 cm³/mol. The Morgan fingerprint density at radius 3 is 2.58 bits per heavy atom. The summed E-state index contributed by atoms with van der Waals surface area (Å²) in [4.78, 5) is 16.0. The van der Waals surface area contributed by atoms with Crippen molar-refractivity contribution in [2.24, 2.45) is 0 Å². The van der Waals surface area contributed by atoms with E-state index >= 15 is 8.78 Å². The lowest BCUT2D eigenvalue weighted by molar-refractivity contribution is 0.0712. The van der Waals surface area contributed by atoms with E-state index in [0.29, 0.717) is 21.8 Å². The molecule has 1 aromatic heterocycles. The number of aliphatic hydroxyl groups is 1. The highest BCUT2D eigenvalue weighted by atomic mass is 35.5. The number of rotatable bonds is 3. The number of fused-ring (bicyclic) bond motifs is 2. The van der Waals surface area contributed by atoms with E-state index in [0.717, 1.165) is 10.9 Å². The molecule has 0 spiro atoms. The van der Waals surface area contributed by atoms with Crippen molar-refractivity contribution in [2.45, 2.75) is 38.5 Å². The molecule has 2 amide bonds. The van der Waals surface area contributed by atoms with Gasteiger partial charge in [-0.1, -0.05) is 29.8 Å². The molecule has 2 heterocycles. The van der Waals surface area contributed by atoms with Crippen molar-refractivity contribution in [3.8, 4) is 11.1 Å². The molecular weight excluding hydrogens is 486 g/mol. The summed E-state index contributed by atoms with van der Waals surface area (Å²) >= 11 is 5.90. The van der Waals surface area contributed by atoms with Crippen LogP contribution >= 0.6 is 11.6 Å². The number of amides is 2.